The highest BCUT2D eigenvalue weighted by Crippen LogP contribution is 2.38. The zero-order chi connectivity index (χ0) is 10.4. The molecule has 0 spiro atoms. The normalized spacial score (nSPS) is 15.8. The van der Waals surface area contributed by atoms with E-state index in [4.69, 9.17) is 11.6 Å². The third kappa shape index (κ3) is 1.33. The summed E-state index contributed by atoms with van der Waals surface area (Å²) >= 11 is 5.70. The van der Waals surface area contributed by atoms with Gasteiger partial charge in [0.2, 0.25) is 5.28 Å². The van der Waals surface area contributed by atoms with Crippen molar-refractivity contribution in [3.8, 4) is 0 Å². The van der Waals surface area contributed by atoms with Gasteiger partial charge in [-0.2, -0.15) is 0 Å². The smallest absolute Gasteiger partial charge is 0.223 e. The van der Waals surface area contributed by atoms with Gasteiger partial charge in [0, 0.05) is 12.2 Å². The van der Waals surface area contributed by atoms with Crippen LogP contribution in [0.1, 0.15) is 29.2 Å². The highest BCUT2D eigenvalue weighted by molar-refractivity contribution is 6.28. The molecule has 1 aliphatic rings. The number of hydrogen-bond donors (Lipinski definition) is 0. The van der Waals surface area contributed by atoms with Crippen LogP contribution in [0.5, 0.6) is 0 Å². The van der Waals surface area contributed by atoms with Crippen LogP contribution in [0.2, 0.25) is 5.28 Å². The summed E-state index contributed by atoms with van der Waals surface area (Å²) in [6.45, 7) is 0. The molecule has 3 rings (SSSR count). The number of aldehydes is 1. The van der Waals surface area contributed by atoms with Crippen molar-refractivity contribution >= 4 is 28.9 Å². The second-order valence-electron chi connectivity index (χ2n) is 3.71. The fraction of sp³-hybridized carbons (Fsp3) is 0.300. The van der Waals surface area contributed by atoms with Crippen molar-refractivity contribution in [1.82, 2.24) is 14.5 Å². The summed E-state index contributed by atoms with van der Waals surface area (Å²) in [5.41, 5.74) is 2.13. The van der Waals surface area contributed by atoms with Crippen molar-refractivity contribution in [2.75, 3.05) is 0 Å². The predicted octanol–water partition coefficient (Wildman–Crippen LogP) is 2.23. The second-order valence-corrected chi connectivity index (χ2v) is 4.05. The monoisotopic (exact) mass is 221 g/mol. The van der Waals surface area contributed by atoms with Crippen LogP contribution in [0.15, 0.2) is 12.4 Å². The highest BCUT2D eigenvalue weighted by atomic mass is 35.5. The summed E-state index contributed by atoms with van der Waals surface area (Å²) in [6.07, 6.45) is 6.64. The van der Waals surface area contributed by atoms with Gasteiger partial charge in [0.15, 0.2) is 6.29 Å². The third-order valence-electron chi connectivity index (χ3n) is 2.64. The van der Waals surface area contributed by atoms with Crippen LogP contribution < -0.4 is 0 Å². The Kier molecular flexibility index (Phi) is 1.79. The highest BCUT2D eigenvalue weighted by Gasteiger charge is 2.26. The molecule has 0 saturated heterocycles. The molecule has 5 heteroatoms. The number of nitrogens with zero attached hydrogens (tertiary/aromatic N) is 3. The Morgan fingerprint density at radius 1 is 1.53 bits per heavy atom. The summed E-state index contributed by atoms with van der Waals surface area (Å²) in [7, 11) is 0. The van der Waals surface area contributed by atoms with Gasteiger partial charge in [0.05, 0.1) is 17.3 Å². The summed E-state index contributed by atoms with van der Waals surface area (Å²) < 4.78 is 2.06. The van der Waals surface area contributed by atoms with Gasteiger partial charge < -0.3 is 4.57 Å². The van der Waals surface area contributed by atoms with E-state index < -0.39 is 0 Å². The largest absolute Gasteiger partial charge is 0.341 e. The Morgan fingerprint density at radius 3 is 3.00 bits per heavy atom. The topological polar surface area (TPSA) is 47.8 Å². The average molecular weight is 222 g/mol. The molecule has 0 radical (unpaired) electrons. The molecule has 2 aromatic heterocycles. The Morgan fingerprint density at radius 2 is 2.33 bits per heavy atom. The molecule has 0 N–H and O–H groups in total. The SMILES string of the molecule is O=Cc1cn(C2CC2)c2cnc(Cl)nc12. The Balaban J connectivity index is 2.33. The van der Waals surface area contributed by atoms with Gasteiger partial charge in [0.1, 0.15) is 5.52 Å². The van der Waals surface area contributed by atoms with E-state index in [-0.39, 0.29) is 5.28 Å². The molecular weight excluding hydrogens is 214 g/mol. The molecule has 0 aliphatic heterocycles. The molecule has 15 heavy (non-hydrogen) atoms. The fourth-order valence-corrected chi connectivity index (χ4v) is 1.91. The minimum absolute atomic E-state index is 0.180. The van der Waals surface area contributed by atoms with E-state index in [1.165, 1.54) is 0 Å². The molecule has 2 heterocycles. The summed E-state index contributed by atoms with van der Waals surface area (Å²) in [4.78, 5) is 18.9. The number of aromatic nitrogens is 3. The summed E-state index contributed by atoms with van der Waals surface area (Å²) in [5, 5.41) is 0.180. The predicted molar refractivity (Wildman–Crippen MR) is 56.2 cm³/mol. The molecule has 1 saturated carbocycles. The molecule has 0 bridgehead atoms. The number of rotatable bonds is 2. The first kappa shape index (κ1) is 8.85. The summed E-state index contributed by atoms with van der Waals surface area (Å²) in [5.74, 6) is 0. The first-order chi connectivity index (χ1) is 7.29. The van der Waals surface area contributed by atoms with Gasteiger partial charge in [-0.15, -0.1) is 0 Å². The van der Waals surface area contributed by atoms with Gasteiger partial charge in [-0.1, -0.05) is 0 Å². The summed E-state index contributed by atoms with van der Waals surface area (Å²) in [6, 6.07) is 0.506. The maximum Gasteiger partial charge on any atom is 0.223 e. The maximum atomic E-state index is 10.9. The van der Waals surface area contributed by atoms with E-state index in [1.54, 1.807) is 6.20 Å². The van der Waals surface area contributed by atoms with Crippen molar-refractivity contribution in [3.63, 3.8) is 0 Å². The van der Waals surface area contributed by atoms with E-state index >= 15 is 0 Å². The minimum Gasteiger partial charge on any atom is -0.341 e. The minimum atomic E-state index is 0.180. The molecular formula is C10H8ClN3O. The lowest BCUT2D eigenvalue weighted by Gasteiger charge is -2.00. The van der Waals surface area contributed by atoms with Crippen molar-refractivity contribution in [2.24, 2.45) is 0 Å². The lowest BCUT2D eigenvalue weighted by Crippen LogP contribution is -1.91. The zero-order valence-electron chi connectivity index (χ0n) is 7.85. The van der Waals surface area contributed by atoms with E-state index in [1.807, 2.05) is 6.20 Å². The van der Waals surface area contributed by atoms with Crippen molar-refractivity contribution < 1.29 is 4.79 Å². The Hall–Kier alpha value is -1.42. The number of fused-ring (bicyclic) bond motifs is 1. The average Bonchev–Trinajstić information content (AvgIpc) is 3.01. The van der Waals surface area contributed by atoms with Gasteiger partial charge in [-0.25, -0.2) is 9.97 Å². The second kappa shape index (κ2) is 3.03. The lowest BCUT2D eigenvalue weighted by atomic mass is 10.3. The quantitative estimate of drug-likeness (QED) is 0.577. The molecule has 0 atom stereocenters. The van der Waals surface area contributed by atoms with E-state index in [0.717, 1.165) is 24.6 Å². The number of halogens is 1. The number of carbonyl (C=O) groups is 1. The molecule has 2 aromatic rings. The van der Waals surface area contributed by atoms with Gasteiger partial charge in [0.25, 0.3) is 0 Å². The Bertz CT molecular complexity index is 545. The molecule has 0 amide bonds. The van der Waals surface area contributed by atoms with E-state index in [9.17, 15) is 4.79 Å². The zero-order valence-corrected chi connectivity index (χ0v) is 8.61. The molecule has 1 aliphatic carbocycles. The standard InChI is InChI=1S/C10H8ClN3O/c11-10-12-3-8-9(13-10)6(5-15)4-14(8)7-1-2-7/h3-5,7H,1-2H2. The van der Waals surface area contributed by atoms with Crippen LogP contribution in [-0.2, 0) is 0 Å². The van der Waals surface area contributed by atoms with Crippen molar-refractivity contribution in [3.05, 3.63) is 23.2 Å². The molecule has 0 aromatic carbocycles. The Labute approximate surface area is 90.9 Å². The van der Waals surface area contributed by atoms with Crippen LogP contribution in [0.3, 0.4) is 0 Å². The lowest BCUT2D eigenvalue weighted by molar-refractivity contribution is 0.112. The third-order valence-corrected chi connectivity index (χ3v) is 2.82. The van der Waals surface area contributed by atoms with E-state index in [2.05, 4.69) is 14.5 Å². The van der Waals surface area contributed by atoms with Crippen molar-refractivity contribution in [2.45, 2.75) is 18.9 Å². The van der Waals surface area contributed by atoms with E-state index in [0.29, 0.717) is 17.1 Å². The van der Waals surface area contributed by atoms with Crippen LogP contribution in [0, 0.1) is 0 Å². The van der Waals surface area contributed by atoms with Crippen LogP contribution in [0.4, 0.5) is 0 Å². The molecule has 0 unspecified atom stereocenters. The molecule has 76 valence electrons. The van der Waals surface area contributed by atoms with Crippen molar-refractivity contribution in [1.29, 1.82) is 0 Å². The number of carbonyl (C=O) groups excluding carboxylic acids is 1. The van der Waals surface area contributed by atoms with Gasteiger partial charge >= 0.3 is 0 Å². The van der Waals surface area contributed by atoms with Crippen LogP contribution in [-0.4, -0.2) is 20.8 Å². The van der Waals surface area contributed by atoms with Crippen LogP contribution >= 0.6 is 11.6 Å². The first-order valence-corrected chi connectivity index (χ1v) is 5.15. The number of hydrogen-bond acceptors (Lipinski definition) is 3. The molecule has 4 nitrogen and oxygen atoms in total. The maximum absolute atomic E-state index is 10.9. The molecule has 1 fully saturated rings. The fourth-order valence-electron chi connectivity index (χ4n) is 1.78. The van der Waals surface area contributed by atoms with Gasteiger partial charge in [-0.3, -0.25) is 4.79 Å². The van der Waals surface area contributed by atoms with Gasteiger partial charge in [-0.05, 0) is 24.4 Å². The first-order valence-electron chi connectivity index (χ1n) is 4.78. The van der Waals surface area contributed by atoms with Crippen LogP contribution in [0.25, 0.3) is 11.0 Å².